The fourth-order valence-electron chi connectivity index (χ4n) is 4.96. The lowest BCUT2D eigenvalue weighted by Gasteiger charge is -2.36. The Kier molecular flexibility index (Phi) is 7.83. The van der Waals surface area contributed by atoms with Gasteiger partial charge < -0.3 is 15.4 Å². The van der Waals surface area contributed by atoms with Crippen molar-refractivity contribution >= 4 is 44.8 Å². The van der Waals surface area contributed by atoms with Crippen molar-refractivity contribution in [3.05, 3.63) is 62.2 Å². The number of aliphatic imine (C=N–C) groups is 1. The summed E-state index contributed by atoms with van der Waals surface area (Å²) in [5.74, 6) is -2.82. The summed E-state index contributed by atoms with van der Waals surface area (Å²) in [5.41, 5.74) is 0.798. The number of carbonyl (C=O) groups excluding carboxylic acids is 1. The molecule has 5 rings (SSSR count). The summed E-state index contributed by atoms with van der Waals surface area (Å²) in [4.78, 5) is 22.1. The van der Waals surface area contributed by atoms with Gasteiger partial charge >= 0.3 is 5.97 Å². The number of methoxy groups -OCH3 is 1. The molecule has 0 radical (unpaired) electrons. The van der Waals surface area contributed by atoms with Gasteiger partial charge in [0.1, 0.15) is 11.3 Å². The van der Waals surface area contributed by atoms with Crippen LogP contribution in [-0.2, 0) is 19.6 Å². The molecular weight excluding hydrogens is 560 g/mol. The number of ether oxygens (including phenoxy) is 1. The molecule has 1 unspecified atom stereocenters. The van der Waals surface area contributed by atoms with Crippen LogP contribution in [0.2, 0.25) is 5.02 Å². The van der Waals surface area contributed by atoms with Gasteiger partial charge in [-0.2, -0.15) is 0 Å². The van der Waals surface area contributed by atoms with Crippen molar-refractivity contribution in [3.8, 4) is 0 Å². The van der Waals surface area contributed by atoms with Crippen molar-refractivity contribution in [2.24, 2.45) is 10.9 Å². The molecule has 1 aromatic carbocycles. The normalized spacial score (nSPS) is 24.4. The van der Waals surface area contributed by atoms with Gasteiger partial charge in [-0.1, -0.05) is 17.7 Å². The number of halogens is 3. The number of esters is 1. The van der Waals surface area contributed by atoms with Crippen molar-refractivity contribution in [2.75, 3.05) is 20.2 Å². The summed E-state index contributed by atoms with van der Waals surface area (Å²) in [6.45, 7) is 0.882. The molecule has 1 atom stereocenters. The van der Waals surface area contributed by atoms with E-state index in [1.165, 1.54) is 24.5 Å². The minimum absolute atomic E-state index is 0.120. The summed E-state index contributed by atoms with van der Waals surface area (Å²) in [6.07, 6.45) is 3.87. The Bertz CT molecular complexity index is 1390. The van der Waals surface area contributed by atoms with E-state index in [9.17, 15) is 22.0 Å². The number of sulfonamides is 1. The minimum atomic E-state index is -3.41. The average molecular weight is 586 g/mol. The highest BCUT2D eigenvalue weighted by Gasteiger charge is 2.39. The van der Waals surface area contributed by atoms with E-state index in [2.05, 4.69) is 25.3 Å². The van der Waals surface area contributed by atoms with Gasteiger partial charge in [0.05, 0.1) is 17.7 Å². The molecule has 0 spiro atoms. The van der Waals surface area contributed by atoms with Gasteiger partial charge in [0.25, 0.3) is 0 Å². The van der Waals surface area contributed by atoms with E-state index in [0.717, 1.165) is 6.07 Å². The van der Waals surface area contributed by atoms with E-state index in [-0.39, 0.29) is 23.1 Å². The van der Waals surface area contributed by atoms with Crippen LogP contribution in [0.4, 0.5) is 8.78 Å². The maximum Gasteiger partial charge on any atom is 0.338 e. The maximum atomic E-state index is 14.5. The van der Waals surface area contributed by atoms with Crippen LogP contribution in [0.3, 0.4) is 0 Å². The molecule has 2 aromatic rings. The van der Waals surface area contributed by atoms with E-state index in [4.69, 9.17) is 16.3 Å². The first-order valence-electron chi connectivity index (χ1n) is 12.1. The fraction of sp³-hybridized carbons (Fsp3) is 0.458. The van der Waals surface area contributed by atoms with Crippen molar-refractivity contribution in [2.45, 2.75) is 43.0 Å². The molecule has 204 valence electrons. The number of rotatable bonds is 7. The Labute approximate surface area is 227 Å². The number of benzene rings is 1. The molecule has 1 saturated heterocycles. The number of aromatic nitrogens is 1. The molecule has 14 heteroatoms. The molecule has 38 heavy (non-hydrogen) atoms. The van der Waals surface area contributed by atoms with Crippen LogP contribution < -0.4 is 15.4 Å². The third-order valence-corrected chi connectivity index (χ3v) is 10.2. The lowest BCUT2D eigenvalue weighted by Crippen LogP contribution is -2.56. The summed E-state index contributed by atoms with van der Waals surface area (Å²) in [5, 5.41) is 7.65. The number of nitrogens with zero attached hydrogens (tertiary/aromatic N) is 2. The first kappa shape index (κ1) is 27.1. The molecule has 3 N–H and O–H groups in total. The van der Waals surface area contributed by atoms with Crippen LogP contribution in [0.1, 0.15) is 42.3 Å². The highest BCUT2D eigenvalue weighted by molar-refractivity contribution is 7.90. The molecule has 0 amide bonds. The second-order valence-electron chi connectivity index (χ2n) is 9.42. The molecule has 0 bridgehead atoms. The largest absolute Gasteiger partial charge is 0.466 e. The van der Waals surface area contributed by atoms with Gasteiger partial charge in [-0.3, -0.25) is 4.99 Å². The monoisotopic (exact) mass is 585 g/mol. The van der Waals surface area contributed by atoms with Crippen LogP contribution in [0.5, 0.6) is 0 Å². The standard InChI is InChI=1S/C24H26ClF2N5O4S2/c1-36-24(33)17-20(12-2-4-13(5-3-12)32-38(34,35)14-10-28-11-14)30-22(23-29-8-9-37-23)31-21(17)15-6-7-16(26)19(27)18(15)25/h6-9,12-14,21,28,32H,2-5,10-11H2,1H3,(H,30,31)/t12-,13-,21?. The number of allylic oxidation sites excluding steroid dienone is 1. The second kappa shape index (κ2) is 11.0. The summed E-state index contributed by atoms with van der Waals surface area (Å²) < 4.78 is 61.4. The number of thiazole rings is 1. The van der Waals surface area contributed by atoms with E-state index in [1.54, 1.807) is 11.6 Å². The topological polar surface area (TPSA) is 122 Å². The predicted molar refractivity (Wildman–Crippen MR) is 139 cm³/mol. The summed E-state index contributed by atoms with van der Waals surface area (Å²) in [7, 11) is -2.18. The number of nitrogens with one attached hydrogen (secondary N) is 3. The quantitative estimate of drug-likeness (QED) is 0.337. The van der Waals surface area contributed by atoms with Gasteiger partial charge in [0.15, 0.2) is 22.5 Å². The van der Waals surface area contributed by atoms with Crippen LogP contribution in [-0.4, -0.2) is 56.7 Å². The van der Waals surface area contributed by atoms with Crippen LogP contribution in [0.15, 0.2) is 40.0 Å². The Hall–Kier alpha value is -2.45. The first-order valence-corrected chi connectivity index (χ1v) is 14.9. The SMILES string of the molecule is COC(=O)C1=C([C@H]2CC[C@H](NS(=O)(=O)C3CNC3)CC2)NC(c2nccs2)=NC1c1ccc(F)c(F)c1Cl. The lowest BCUT2D eigenvalue weighted by molar-refractivity contribution is -0.136. The van der Waals surface area contributed by atoms with E-state index in [0.29, 0.717) is 55.3 Å². The zero-order chi connectivity index (χ0) is 27.0. The molecule has 3 heterocycles. The zero-order valence-corrected chi connectivity index (χ0v) is 22.7. The molecule has 1 aliphatic carbocycles. The van der Waals surface area contributed by atoms with Crippen molar-refractivity contribution in [3.63, 3.8) is 0 Å². The average Bonchev–Trinajstić information content (AvgIpc) is 3.40. The van der Waals surface area contributed by atoms with Crippen molar-refractivity contribution in [1.29, 1.82) is 0 Å². The lowest BCUT2D eigenvalue weighted by atomic mass is 9.80. The first-order chi connectivity index (χ1) is 18.2. The van der Waals surface area contributed by atoms with Crippen LogP contribution in [0.25, 0.3) is 0 Å². The Morgan fingerprint density at radius 3 is 2.55 bits per heavy atom. The van der Waals surface area contributed by atoms with Gasteiger partial charge in [-0.05, 0) is 37.7 Å². The third kappa shape index (κ3) is 5.22. The Morgan fingerprint density at radius 1 is 1.21 bits per heavy atom. The fourth-order valence-corrected chi connectivity index (χ4v) is 7.37. The smallest absolute Gasteiger partial charge is 0.338 e. The van der Waals surface area contributed by atoms with E-state index in [1.807, 2.05) is 0 Å². The minimum Gasteiger partial charge on any atom is -0.466 e. The Morgan fingerprint density at radius 2 is 1.95 bits per heavy atom. The van der Waals surface area contributed by atoms with E-state index >= 15 is 0 Å². The maximum absolute atomic E-state index is 14.5. The van der Waals surface area contributed by atoms with Gasteiger partial charge in [0.2, 0.25) is 10.0 Å². The Balaban J connectivity index is 1.49. The molecule has 9 nitrogen and oxygen atoms in total. The molecule has 3 aliphatic rings. The van der Waals surface area contributed by atoms with E-state index < -0.39 is 43.9 Å². The molecular formula is C24H26ClF2N5O4S2. The number of carbonyl (C=O) groups is 1. The molecule has 2 fully saturated rings. The number of hydrogen-bond acceptors (Lipinski definition) is 9. The van der Waals surface area contributed by atoms with Gasteiger partial charge in [-0.15, -0.1) is 11.3 Å². The zero-order valence-electron chi connectivity index (χ0n) is 20.3. The summed E-state index contributed by atoms with van der Waals surface area (Å²) in [6, 6.07) is 0.968. The van der Waals surface area contributed by atoms with Crippen LogP contribution in [0, 0.1) is 17.6 Å². The van der Waals surface area contributed by atoms with Crippen molar-refractivity contribution in [1.82, 2.24) is 20.3 Å². The third-order valence-electron chi connectivity index (χ3n) is 7.12. The predicted octanol–water partition coefficient (Wildman–Crippen LogP) is 3.04. The van der Waals surface area contributed by atoms with Crippen LogP contribution >= 0.6 is 22.9 Å². The second-order valence-corrected chi connectivity index (χ2v) is 12.7. The highest BCUT2D eigenvalue weighted by atomic mass is 35.5. The number of hydrogen-bond donors (Lipinski definition) is 3. The molecule has 2 aliphatic heterocycles. The summed E-state index contributed by atoms with van der Waals surface area (Å²) >= 11 is 7.54. The van der Waals surface area contributed by atoms with Gasteiger partial charge in [0, 0.05) is 42.0 Å². The van der Waals surface area contributed by atoms with Gasteiger partial charge in [-0.25, -0.2) is 31.7 Å². The highest BCUT2D eigenvalue weighted by Crippen LogP contribution is 2.41. The number of amidine groups is 1. The van der Waals surface area contributed by atoms with Crippen molar-refractivity contribution < 1.29 is 26.7 Å². The molecule has 1 aromatic heterocycles. The molecule has 1 saturated carbocycles.